The number of rotatable bonds is 4. The Balaban J connectivity index is 1.23. The van der Waals surface area contributed by atoms with Gasteiger partial charge >= 0.3 is 5.97 Å². The summed E-state index contributed by atoms with van der Waals surface area (Å²) in [5, 5.41) is 2.77. The van der Waals surface area contributed by atoms with Crippen LogP contribution in [0.15, 0.2) is 53.9 Å². The smallest absolute Gasteiger partial charge is 0.339 e. The van der Waals surface area contributed by atoms with E-state index in [1.165, 1.54) is 11.3 Å². The number of aryl methyl sites for hydroxylation is 1. The lowest BCUT2D eigenvalue weighted by atomic mass is 9.93. The van der Waals surface area contributed by atoms with Crippen LogP contribution in [0.5, 0.6) is 0 Å². The van der Waals surface area contributed by atoms with Crippen LogP contribution in [-0.4, -0.2) is 58.7 Å². The van der Waals surface area contributed by atoms with E-state index in [0.717, 1.165) is 21.8 Å². The number of carbonyl (C=O) groups is 3. The van der Waals surface area contributed by atoms with E-state index >= 15 is 0 Å². The number of hydrogen-bond acceptors (Lipinski definition) is 6. The van der Waals surface area contributed by atoms with Crippen molar-refractivity contribution in [1.29, 1.82) is 0 Å². The number of esters is 1. The predicted octanol–water partition coefficient (Wildman–Crippen LogP) is 3.43. The topological polar surface area (TPSA) is 79.8 Å². The van der Waals surface area contributed by atoms with E-state index in [0.29, 0.717) is 50.1 Å². The van der Waals surface area contributed by atoms with Crippen LogP contribution in [-0.2, 0) is 22.4 Å². The molecule has 5 rings (SSSR count). The first kappa shape index (κ1) is 22.3. The molecule has 0 N–H and O–H groups in total. The minimum atomic E-state index is -0.364. The van der Waals surface area contributed by atoms with Crippen LogP contribution in [0.25, 0.3) is 0 Å². The van der Waals surface area contributed by atoms with Gasteiger partial charge in [-0.05, 0) is 36.2 Å². The third kappa shape index (κ3) is 4.59. The Morgan fingerprint density at radius 1 is 1.06 bits per heavy atom. The van der Waals surface area contributed by atoms with Gasteiger partial charge in [0.15, 0.2) is 0 Å². The quantitative estimate of drug-likeness (QED) is 0.540. The van der Waals surface area contributed by atoms with Crippen molar-refractivity contribution in [2.45, 2.75) is 25.9 Å². The third-order valence-corrected chi connectivity index (χ3v) is 7.25. The van der Waals surface area contributed by atoms with Crippen LogP contribution < -0.4 is 0 Å². The molecule has 0 aliphatic carbocycles. The molecule has 2 aliphatic rings. The lowest BCUT2D eigenvalue weighted by Gasteiger charge is -2.35. The standard InChI is InChI=1S/C26H25N3O4S/c1-17-16-34-23(27-17)15-24(30)28-9-11-29(12-10-28)25(31)19-7-8-21-20(13-19)14-22(33-26(21)32)18-5-3-2-4-6-18/h2-8,13,16,22H,9-12,14-15H2,1H3/t22-/m0/s1. The zero-order chi connectivity index (χ0) is 23.7. The maximum absolute atomic E-state index is 13.2. The Labute approximate surface area is 202 Å². The van der Waals surface area contributed by atoms with Crippen LogP contribution in [0.1, 0.15) is 48.6 Å². The summed E-state index contributed by atoms with van der Waals surface area (Å²) in [7, 11) is 0. The average molecular weight is 476 g/mol. The van der Waals surface area contributed by atoms with Gasteiger partial charge in [0, 0.05) is 49.2 Å². The Kier molecular flexibility index (Phi) is 6.15. The van der Waals surface area contributed by atoms with Crippen molar-refractivity contribution >= 4 is 29.1 Å². The number of aromatic nitrogens is 1. The van der Waals surface area contributed by atoms with Gasteiger partial charge in [0.25, 0.3) is 5.91 Å². The van der Waals surface area contributed by atoms with Crippen molar-refractivity contribution in [2.24, 2.45) is 0 Å². The molecule has 1 saturated heterocycles. The Hall–Kier alpha value is -3.52. The van der Waals surface area contributed by atoms with E-state index < -0.39 is 0 Å². The molecule has 2 aromatic carbocycles. The summed E-state index contributed by atoms with van der Waals surface area (Å²) in [6, 6.07) is 14.8. The lowest BCUT2D eigenvalue weighted by Crippen LogP contribution is -2.51. The molecule has 2 amide bonds. The Bertz CT molecular complexity index is 1230. The minimum absolute atomic E-state index is 0.0423. The second-order valence-electron chi connectivity index (χ2n) is 8.61. The number of carbonyl (C=O) groups excluding carboxylic acids is 3. The molecule has 1 atom stereocenters. The summed E-state index contributed by atoms with van der Waals surface area (Å²) < 4.78 is 5.62. The Morgan fingerprint density at radius 2 is 1.79 bits per heavy atom. The molecule has 1 aromatic heterocycles. The lowest BCUT2D eigenvalue weighted by molar-refractivity contribution is -0.131. The maximum atomic E-state index is 13.2. The number of nitrogens with zero attached hydrogens (tertiary/aromatic N) is 3. The normalized spacial score (nSPS) is 17.8. The van der Waals surface area contributed by atoms with Gasteiger partial charge in [0.05, 0.1) is 12.0 Å². The van der Waals surface area contributed by atoms with Crippen molar-refractivity contribution in [2.75, 3.05) is 26.2 Å². The van der Waals surface area contributed by atoms with Gasteiger partial charge in [-0.1, -0.05) is 30.3 Å². The number of hydrogen-bond donors (Lipinski definition) is 0. The Morgan fingerprint density at radius 3 is 2.50 bits per heavy atom. The molecule has 3 aromatic rings. The number of amides is 2. The average Bonchev–Trinajstić information content (AvgIpc) is 3.28. The SMILES string of the molecule is Cc1csc(CC(=O)N2CCN(C(=O)c3ccc4c(c3)C[C@@H](c3ccccc3)OC4=O)CC2)n1. The molecule has 0 bridgehead atoms. The third-order valence-electron chi connectivity index (χ3n) is 6.29. The molecule has 0 saturated carbocycles. The van der Waals surface area contributed by atoms with E-state index in [9.17, 15) is 14.4 Å². The predicted molar refractivity (Wildman–Crippen MR) is 128 cm³/mol. The molecule has 2 aliphatic heterocycles. The highest BCUT2D eigenvalue weighted by molar-refractivity contribution is 7.09. The summed E-state index contributed by atoms with van der Waals surface area (Å²) in [6.07, 6.45) is 0.475. The summed E-state index contributed by atoms with van der Waals surface area (Å²) >= 11 is 1.50. The van der Waals surface area contributed by atoms with Gasteiger partial charge in [-0.15, -0.1) is 11.3 Å². The summed E-state index contributed by atoms with van der Waals surface area (Å²) in [6.45, 7) is 3.88. The molecule has 0 radical (unpaired) electrons. The van der Waals surface area contributed by atoms with E-state index in [-0.39, 0.29) is 23.9 Å². The molecule has 7 nitrogen and oxygen atoms in total. The number of ether oxygens (including phenoxy) is 1. The molecule has 3 heterocycles. The number of thiazole rings is 1. The van der Waals surface area contributed by atoms with Gasteiger partial charge < -0.3 is 14.5 Å². The highest BCUT2D eigenvalue weighted by atomic mass is 32.1. The van der Waals surface area contributed by atoms with Crippen LogP contribution in [0, 0.1) is 6.92 Å². The van der Waals surface area contributed by atoms with Gasteiger partial charge in [-0.2, -0.15) is 0 Å². The van der Waals surface area contributed by atoms with E-state index in [1.54, 1.807) is 21.9 Å². The first-order valence-electron chi connectivity index (χ1n) is 11.3. The van der Waals surface area contributed by atoms with Gasteiger partial charge in [-0.3, -0.25) is 9.59 Å². The molecular weight excluding hydrogens is 450 g/mol. The zero-order valence-electron chi connectivity index (χ0n) is 18.9. The monoisotopic (exact) mass is 475 g/mol. The van der Waals surface area contributed by atoms with Crippen molar-refractivity contribution in [3.05, 3.63) is 86.9 Å². The highest BCUT2D eigenvalue weighted by Gasteiger charge is 2.30. The number of fused-ring (bicyclic) bond motifs is 1. The largest absolute Gasteiger partial charge is 0.454 e. The first-order chi connectivity index (χ1) is 16.5. The first-order valence-corrected chi connectivity index (χ1v) is 12.2. The van der Waals surface area contributed by atoms with Crippen LogP contribution in [0.3, 0.4) is 0 Å². The fourth-order valence-electron chi connectivity index (χ4n) is 4.45. The number of piperazine rings is 1. The van der Waals surface area contributed by atoms with Crippen molar-refractivity contribution in [3.63, 3.8) is 0 Å². The second kappa shape index (κ2) is 9.38. The molecule has 8 heteroatoms. The van der Waals surface area contributed by atoms with Crippen molar-refractivity contribution < 1.29 is 19.1 Å². The summed E-state index contributed by atoms with van der Waals surface area (Å²) in [4.78, 5) is 46.3. The molecule has 0 unspecified atom stereocenters. The van der Waals surface area contributed by atoms with Gasteiger partial charge in [0.2, 0.25) is 5.91 Å². The van der Waals surface area contributed by atoms with Crippen molar-refractivity contribution in [3.8, 4) is 0 Å². The molecule has 0 spiro atoms. The zero-order valence-corrected chi connectivity index (χ0v) is 19.7. The highest BCUT2D eigenvalue weighted by Crippen LogP contribution is 2.31. The second-order valence-corrected chi connectivity index (χ2v) is 9.56. The summed E-state index contributed by atoms with van der Waals surface area (Å²) in [5.41, 5.74) is 3.75. The fraction of sp³-hybridized carbons (Fsp3) is 0.308. The van der Waals surface area contributed by atoms with E-state index in [1.807, 2.05) is 48.7 Å². The molecule has 174 valence electrons. The van der Waals surface area contributed by atoms with Gasteiger partial charge in [-0.25, -0.2) is 9.78 Å². The molecular formula is C26H25N3O4S. The van der Waals surface area contributed by atoms with Crippen LogP contribution in [0.2, 0.25) is 0 Å². The summed E-state index contributed by atoms with van der Waals surface area (Å²) in [5.74, 6) is -0.405. The molecule has 1 fully saturated rings. The molecule has 34 heavy (non-hydrogen) atoms. The maximum Gasteiger partial charge on any atom is 0.339 e. The van der Waals surface area contributed by atoms with E-state index in [4.69, 9.17) is 4.74 Å². The number of cyclic esters (lactones) is 1. The number of benzene rings is 2. The van der Waals surface area contributed by atoms with E-state index in [2.05, 4.69) is 4.98 Å². The van der Waals surface area contributed by atoms with Crippen molar-refractivity contribution in [1.82, 2.24) is 14.8 Å². The fourth-order valence-corrected chi connectivity index (χ4v) is 5.21. The van der Waals surface area contributed by atoms with Crippen LogP contribution >= 0.6 is 11.3 Å². The van der Waals surface area contributed by atoms with Gasteiger partial charge in [0.1, 0.15) is 11.1 Å². The minimum Gasteiger partial charge on any atom is -0.454 e. The van der Waals surface area contributed by atoms with Crippen LogP contribution in [0.4, 0.5) is 0 Å².